The molecule has 0 N–H and O–H groups in total. The highest BCUT2D eigenvalue weighted by molar-refractivity contribution is 6.30. The fourth-order valence-corrected chi connectivity index (χ4v) is 1.98. The SMILES string of the molecule is Cc1nc(Cl)c(C)c(-c2ccc(C)c(C#N)c2)n1. The Bertz CT molecular complexity index is 657. The summed E-state index contributed by atoms with van der Waals surface area (Å²) in [6, 6.07) is 7.87. The topological polar surface area (TPSA) is 49.6 Å². The molecule has 3 nitrogen and oxygen atoms in total. The predicted octanol–water partition coefficient (Wildman–Crippen LogP) is 3.59. The van der Waals surface area contributed by atoms with E-state index in [-0.39, 0.29) is 0 Å². The van der Waals surface area contributed by atoms with Crippen molar-refractivity contribution >= 4 is 11.6 Å². The van der Waals surface area contributed by atoms with Crippen LogP contribution in [0.25, 0.3) is 11.3 Å². The van der Waals surface area contributed by atoms with Crippen molar-refractivity contribution in [3.8, 4) is 17.3 Å². The van der Waals surface area contributed by atoms with E-state index in [1.807, 2.05) is 32.0 Å². The second-order valence-electron chi connectivity index (χ2n) is 4.18. The van der Waals surface area contributed by atoms with Crippen molar-refractivity contribution < 1.29 is 0 Å². The molecule has 2 rings (SSSR count). The van der Waals surface area contributed by atoms with Gasteiger partial charge in [-0.25, -0.2) is 9.97 Å². The largest absolute Gasteiger partial charge is 0.233 e. The van der Waals surface area contributed by atoms with Gasteiger partial charge in [-0.15, -0.1) is 0 Å². The number of nitrogens with zero attached hydrogens (tertiary/aromatic N) is 3. The number of rotatable bonds is 1. The summed E-state index contributed by atoms with van der Waals surface area (Å²) in [6.45, 7) is 5.59. The van der Waals surface area contributed by atoms with Gasteiger partial charge in [0.25, 0.3) is 0 Å². The Morgan fingerprint density at radius 2 is 1.89 bits per heavy atom. The van der Waals surface area contributed by atoms with Crippen molar-refractivity contribution in [1.82, 2.24) is 9.97 Å². The third-order valence-corrected chi connectivity index (χ3v) is 3.20. The van der Waals surface area contributed by atoms with Crippen molar-refractivity contribution in [2.75, 3.05) is 0 Å². The zero-order valence-corrected chi connectivity index (χ0v) is 11.2. The van der Waals surface area contributed by atoms with Crippen LogP contribution in [-0.4, -0.2) is 9.97 Å². The third-order valence-electron chi connectivity index (χ3n) is 2.83. The van der Waals surface area contributed by atoms with E-state index < -0.39 is 0 Å². The summed E-state index contributed by atoms with van der Waals surface area (Å²) < 4.78 is 0. The summed E-state index contributed by atoms with van der Waals surface area (Å²) in [5.74, 6) is 0.625. The summed E-state index contributed by atoms with van der Waals surface area (Å²) in [5.41, 5.74) is 4.11. The lowest BCUT2D eigenvalue weighted by Crippen LogP contribution is -1.97. The molecule has 0 unspecified atom stereocenters. The third kappa shape index (κ3) is 2.20. The highest BCUT2D eigenvalue weighted by Crippen LogP contribution is 2.27. The highest BCUT2D eigenvalue weighted by atomic mass is 35.5. The van der Waals surface area contributed by atoms with Gasteiger partial charge in [-0.05, 0) is 32.4 Å². The molecule has 2 aromatic rings. The maximum Gasteiger partial charge on any atom is 0.136 e. The summed E-state index contributed by atoms with van der Waals surface area (Å²) in [6.07, 6.45) is 0. The van der Waals surface area contributed by atoms with Crippen LogP contribution in [0.15, 0.2) is 18.2 Å². The Balaban J connectivity index is 2.66. The van der Waals surface area contributed by atoms with E-state index in [1.54, 1.807) is 6.92 Å². The minimum absolute atomic E-state index is 0.455. The Morgan fingerprint density at radius 3 is 2.56 bits per heavy atom. The van der Waals surface area contributed by atoms with Crippen LogP contribution in [0.1, 0.15) is 22.5 Å². The van der Waals surface area contributed by atoms with E-state index in [0.29, 0.717) is 16.5 Å². The van der Waals surface area contributed by atoms with E-state index in [4.69, 9.17) is 16.9 Å². The molecule has 90 valence electrons. The van der Waals surface area contributed by atoms with Gasteiger partial charge in [-0.1, -0.05) is 23.7 Å². The van der Waals surface area contributed by atoms with Crippen molar-refractivity contribution in [3.05, 3.63) is 45.9 Å². The van der Waals surface area contributed by atoms with Gasteiger partial charge in [0, 0.05) is 11.1 Å². The summed E-state index contributed by atoms with van der Waals surface area (Å²) in [4.78, 5) is 8.51. The second kappa shape index (κ2) is 4.75. The first-order valence-corrected chi connectivity index (χ1v) is 5.92. The highest BCUT2D eigenvalue weighted by Gasteiger charge is 2.10. The molecule has 1 aromatic carbocycles. The van der Waals surface area contributed by atoms with Crippen LogP contribution < -0.4 is 0 Å². The number of halogens is 1. The fraction of sp³-hybridized carbons (Fsp3) is 0.214. The van der Waals surface area contributed by atoms with Gasteiger partial charge in [0.05, 0.1) is 17.3 Å². The minimum atomic E-state index is 0.455. The van der Waals surface area contributed by atoms with Crippen LogP contribution >= 0.6 is 11.6 Å². The van der Waals surface area contributed by atoms with Gasteiger partial charge in [-0.2, -0.15) is 5.26 Å². The average molecular weight is 258 g/mol. The smallest absolute Gasteiger partial charge is 0.136 e. The average Bonchev–Trinajstić information content (AvgIpc) is 2.34. The van der Waals surface area contributed by atoms with Crippen molar-refractivity contribution in [2.45, 2.75) is 20.8 Å². The maximum atomic E-state index is 9.06. The number of benzene rings is 1. The molecule has 18 heavy (non-hydrogen) atoms. The fourth-order valence-electron chi connectivity index (χ4n) is 1.77. The van der Waals surface area contributed by atoms with Crippen LogP contribution in [0.2, 0.25) is 5.15 Å². The Labute approximate surface area is 111 Å². The molecule has 0 aliphatic carbocycles. The van der Waals surface area contributed by atoms with Gasteiger partial charge in [0.2, 0.25) is 0 Å². The first kappa shape index (κ1) is 12.5. The molecule has 0 saturated carbocycles. The van der Waals surface area contributed by atoms with E-state index in [1.165, 1.54) is 0 Å². The molecule has 1 heterocycles. The summed E-state index contributed by atoms with van der Waals surface area (Å²) >= 11 is 6.06. The molecular weight excluding hydrogens is 246 g/mol. The number of aromatic nitrogens is 2. The number of hydrogen-bond acceptors (Lipinski definition) is 3. The molecule has 1 aromatic heterocycles. The molecular formula is C14H12ClN3. The van der Waals surface area contributed by atoms with Crippen molar-refractivity contribution in [1.29, 1.82) is 5.26 Å². The minimum Gasteiger partial charge on any atom is -0.233 e. The Hall–Kier alpha value is -1.92. The molecule has 0 atom stereocenters. The molecule has 4 heteroatoms. The molecule has 0 aliphatic heterocycles. The van der Waals surface area contributed by atoms with Crippen molar-refractivity contribution in [2.24, 2.45) is 0 Å². The van der Waals surface area contributed by atoms with Crippen LogP contribution in [0.5, 0.6) is 0 Å². The summed E-state index contributed by atoms with van der Waals surface area (Å²) in [5, 5.41) is 9.51. The monoisotopic (exact) mass is 257 g/mol. The summed E-state index contributed by atoms with van der Waals surface area (Å²) in [7, 11) is 0. The molecule has 0 fully saturated rings. The lowest BCUT2D eigenvalue weighted by atomic mass is 10.0. The Kier molecular flexibility index (Phi) is 3.31. The van der Waals surface area contributed by atoms with Gasteiger partial charge in [-0.3, -0.25) is 0 Å². The normalized spacial score (nSPS) is 10.2. The molecule has 0 bridgehead atoms. The number of aryl methyl sites for hydroxylation is 2. The first-order chi connectivity index (χ1) is 8.52. The van der Waals surface area contributed by atoms with E-state index in [9.17, 15) is 0 Å². The lowest BCUT2D eigenvalue weighted by Gasteiger charge is -2.08. The standard InChI is InChI=1S/C14H12ClN3/c1-8-4-5-11(6-12(8)7-16)13-9(2)14(15)18-10(3)17-13/h4-6H,1-3H3. The lowest BCUT2D eigenvalue weighted by molar-refractivity contribution is 1.04. The van der Waals surface area contributed by atoms with Gasteiger partial charge in [0.15, 0.2) is 0 Å². The predicted molar refractivity (Wildman–Crippen MR) is 71.4 cm³/mol. The quantitative estimate of drug-likeness (QED) is 0.734. The Morgan fingerprint density at radius 1 is 1.17 bits per heavy atom. The van der Waals surface area contributed by atoms with Crippen LogP contribution in [0.4, 0.5) is 0 Å². The molecule has 0 radical (unpaired) electrons. The zero-order valence-electron chi connectivity index (χ0n) is 10.5. The molecule has 0 saturated heterocycles. The van der Waals surface area contributed by atoms with E-state index >= 15 is 0 Å². The van der Waals surface area contributed by atoms with Gasteiger partial charge in [0.1, 0.15) is 11.0 Å². The molecule has 0 spiro atoms. The number of nitriles is 1. The van der Waals surface area contributed by atoms with E-state index in [2.05, 4.69) is 16.0 Å². The van der Waals surface area contributed by atoms with Crippen LogP contribution in [0, 0.1) is 32.1 Å². The molecule has 0 amide bonds. The van der Waals surface area contributed by atoms with Crippen molar-refractivity contribution in [3.63, 3.8) is 0 Å². The second-order valence-corrected chi connectivity index (χ2v) is 4.53. The van der Waals surface area contributed by atoms with E-state index in [0.717, 1.165) is 22.4 Å². The van der Waals surface area contributed by atoms with Crippen LogP contribution in [0.3, 0.4) is 0 Å². The maximum absolute atomic E-state index is 9.06. The van der Waals surface area contributed by atoms with Crippen LogP contribution in [-0.2, 0) is 0 Å². The van der Waals surface area contributed by atoms with Gasteiger partial charge < -0.3 is 0 Å². The zero-order chi connectivity index (χ0) is 13.3. The van der Waals surface area contributed by atoms with Gasteiger partial charge >= 0.3 is 0 Å². The molecule has 0 aliphatic rings. The number of hydrogen-bond donors (Lipinski definition) is 0. The first-order valence-electron chi connectivity index (χ1n) is 5.55.